The van der Waals surface area contributed by atoms with E-state index in [4.69, 9.17) is 0 Å². The van der Waals surface area contributed by atoms with E-state index in [9.17, 15) is 5.26 Å². The molecule has 2 heterocycles. The first kappa shape index (κ1) is 11.3. The van der Waals surface area contributed by atoms with Crippen molar-refractivity contribution in [1.82, 2.24) is 4.40 Å². The van der Waals surface area contributed by atoms with Crippen molar-refractivity contribution in [2.24, 2.45) is 0 Å². The van der Waals surface area contributed by atoms with E-state index < -0.39 is 0 Å². The maximum atomic E-state index is 9.21. The second kappa shape index (κ2) is 4.47. The molecule has 0 aliphatic carbocycles. The predicted molar refractivity (Wildman–Crippen MR) is 76.7 cm³/mol. The van der Waals surface area contributed by atoms with Crippen molar-refractivity contribution in [3.05, 3.63) is 84.2 Å². The molecule has 0 aliphatic rings. The van der Waals surface area contributed by atoms with Gasteiger partial charge in [0.2, 0.25) is 0 Å². The quantitative estimate of drug-likeness (QED) is 0.672. The Labute approximate surface area is 111 Å². The van der Waals surface area contributed by atoms with E-state index in [1.807, 2.05) is 65.2 Å². The Morgan fingerprint density at radius 3 is 2.53 bits per heavy atom. The van der Waals surface area contributed by atoms with E-state index in [0.29, 0.717) is 5.56 Å². The van der Waals surface area contributed by atoms with Crippen molar-refractivity contribution in [1.29, 1.82) is 5.26 Å². The lowest BCUT2D eigenvalue weighted by atomic mass is 10.0. The average molecular weight is 244 g/mol. The normalized spacial score (nSPS) is 10.3. The monoisotopic (exact) mass is 244 g/mol. The fraction of sp³-hybridized carbons (Fsp3) is 0. The third kappa shape index (κ3) is 1.82. The standard InChI is InChI=1S/C17H12N2/c1-13(14-7-3-2-4-8-14)17-11-15(12-18)16-9-5-6-10-19(16)17/h2-11H,1H2. The number of fused-ring (bicyclic) bond motifs is 1. The van der Waals surface area contributed by atoms with Gasteiger partial charge in [-0.05, 0) is 29.3 Å². The summed E-state index contributed by atoms with van der Waals surface area (Å²) >= 11 is 0. The van der Waals surface area contributed by atoms with Gasteiger partial charge < -0.3 is 4.40 Å². The van der Waals surface area contributed by atoms with Gasteiger partial charge in [0.05, 0.1) is 16.8 Å². The largest absolute Gasteiger partial charge is 0.315 e. The number of aromatic nitrogens is 1. The number of hydrogen-bond acceptors (Lipinski definition) is 1. The highest BCUT2D eigenvalue weighted by Crippen LogP contribution is 2.26. The van der Waals surface area contributed by atoms with Gasteiger partial charge in [-0.25, -0.2) is 0 Å². The van der Waals surface area contributed by atoms with Crippen LogP contribution in [0.3, 0.4) is 0 Å². The van der Waals surface area contributed by atoms with Crippen molar-refractivity contribution in [2.45, 2.75) is 0 Å². The summed E-state index contributed by atoms with van der Waals surface area (Å²) < 4.78 is 2.01. The number of benzene rings is 1. The SMILES string of the molecule is C=C(c1ccccc1)c1cc(C#N)c2ccccn12. The van der Waals surface area contributed by atoms with Crippen molar-refractivity contribution >= 4 is 11.1 Å². The zero-order chi connectivity index (χ0) is 13.2. The average Bonchev–Trinajstić information content (AvgIpc) is 2.86. The summed E-state index contributed by atoms with van der Waals surface area (Å²) in [5.41, 5.74) is 4.53. The van der Waals surface area contributed by atoms with E-state index >= 15 is 0 Å². The highest BCUT2D eigenvalue weighted by Gasteiger charge is 2.11. The summed E-state index contributed by atoms with van der Waals surface area (Å²) in [6.07, 6.45) is 1.96. The lowest BCUT2D eigenvalue weighted by Gasteiger charge is -2.06. The summed E-state index contributed by atoms with van der Waals surface area (Å²) in [4.78, 5) is 0. The Morgan fingerprint density at radius 1 is 1.05 bits per heavy atom. The van der Waals surface area contributed by atoms with Crippen LogP contribution in [0, 0.1) is 11.3 Å². The highest BCUT2D eigenvalue weighted by atomic mass is 14.9. The van der Waals surface area contributed by atoms with Crippen LogP contribution >= 0.6 is 0 Å². The summed E-state index contributed by atoms with van der Waals surface area (Å²) in [5, 5.41) is 9.21. The molecule has 90 valence electrons. The molecule has 0 fully saturated rings. The van der Waals surface area contributed by atoms with Gasteiger partial charge in [0.25, 0.3) is 0 Å². The third-order valence-corrected chi connectivity index (χ3v) is 3.23. The summed E-state index contributed by atoms with van der Waals surface area (Å²) in [5.74, 6) is 0. The van der Waals surface area contributed by atoms with E-state index in [-0.39, 0.29) is 0 Å². The number of pyridine rings is 1. The Morgan fingerprint density at radius 2 is 1.79 bits per heavy atom. The summed E-state index contributed by atoms with van der Waals surface area (Å²) in [6.45, 7) is 4.16. The zero-order valence-electron chi connectivity index (χ0n) is 10.4. The van der Waals surface area contributed by atoms with Crippen LogP contribution in [0.25, 0.3) is 11.1 Å². The van der Waals surface area contributed by atoms with E-state index in [1.165, 1.54) is 0 Å². The zero-order valence-corrected chi connectivity index (χ0v) is 10.4. The molecule has 0 unspecified atom stereocenters. The number of nitrogens with zero attached hydrogens (tertiary/aromatic N) is 2. The number of rotatable bonds is 2. The maximum absolute atomic E-state index is 9.21. The molecule has 3 rings (SSSR count). The molecule has 3 aromatic rings. The molecule has 0 bridgehead atoms. The Bertz CT molecular complexity index is 789. The van der Waals surface area contributed by atoms with Crippen LogP contribution in [0.1, 0.15) is 16.8 Å². The molecule has 0 aliphatic heterocycles. The molecule has 0 N–H and O–H groups in total. The van der Waals surface area contributed by atoms with Crippen LogP contribution in [0.4, 0.5) is 0 Å². The van der Waals surface area contributed by atoms with Crippen molar-refractivity contribution in [3.63, 3.8) is 0 Å². The molecule has 0 spiro atoms. The fourth-order valence-electron chi connectivity index (χ4n) is 2.26. The summed E-state index contributed by atoms with van der Waals surface area (Å²) in [7, 11) is 0. The van der Waals surface area contributed by atoms with Crippen LogP contribution in [-0.2, 0) is 0 Å². The van der Waals surface area contributed by atoms with Crippen molar-refractivity contribution in [2.75, 3.05) is 0 Å². The molecule has 0 atom stereocenters. The van der Waals surface area contributed by atoms with Crippen LogP contribution < -0.4 is 0 Å². The maximum Gasteiger partial charge on any atom is 0.101 e. The molecule has 2 nitrogen and oxygen atoms in total. The molecule has 19 heavy (non-hydrogen) atoms. The molecule has 1 aromatic carbocycles. The number of hydrogen-bond donors (Lipinski definition) is 0. The third-order valence-electron chi connectivity index (χ3n) is 3.23. The predicted octanol–water partition coefficient (Wildman–Crippen LogP) is 3.87. The number of nitriles is 1. The van der Waals surface area contributed by atoms with Gasteiger partial charge in [0.15, 0.2) is 0 Å². The molecule has 0 saturated heterocycles. The van der Waals surface area contributed by atoms with Gasteiger partial charge in [0, 0.05) is 6.20 Å². The van der Waals surface area contributed by atoms with Crippen LogP contribution in [0.15, 0.2) is 67.4 Å². The molecular formula is C17H12N2. The Balaban J connectivity index is 2.22. The first-order valence-corrected chi connectivity index (χ1v) is 6.06. The van der Waals surface area contributed by atoms with E-state index in [1.54, 1.807) is 0 Å². The fourth-order valence-corrected chi connectivity index (χ4v) is 2.26. The van der Waals surface area contributed by atoms with E-state index in [0.717, 1.165) is 22.3 Å². The Kier molecular flexibility index (Phi) is 2.66. The lowest BCUT2D eigenvalue weighted by Crippen LogP contribution is -1.92. The highest BCUT2D eigenvalue weighted by molar-refractivity contribution is 5.81. The van der Waals surface area contributed by atoms with Gasteiger partial charge >= 0.3 is 0 Å². The molecule has 0 amide bonds. The van der Waals surface area contributed by atoms with Gasteiger partial charge in [-0.15, -0.1) is 0 Å². The van der Waals surface area contributed by atoms with Gasteiger partial charge in [0.1, 0.15) is 6.07 Å². The van der Waals surface area contributed by atoms with Crippen LogP contribution in [0.2, 0.25) is 0 Å². The molecule has 2 heteroatoms. The van der Waals surface area contributed by atoms with Gasteiger partial charge in [-0.3, -0.25) is 0 Å². The summed E-state index contributed by atoms with van der Waals surface area (Å²) in [6, 6.07) is 20.0. The minimum Gasteiger partial charge on any atom is -0.315 e. The van der Waals surface area contributed by atoms with E-state index in [2.05, 4.69) is 12.6 Å². The second-order valence-corrected chi connectivity index (χ2v) is 4.36. The molecule has 0 radical (unpaired) electrons. The van der Waals surface area contributed by atoms with Gasteiger partial charge in [-0.2, -0.15) is 5.26 Å². The molecule has 0 saturated carbocycles. The van der Waals surface area contributed by atoms with Crippen molar-refractivity contribution < 1.29 is 0 Å². The first-order valence-electron chi connectivity index (χ1n) is 6.06. The lowest BCUT2D eigenvalue weighted by molar-refractivity contribution is 1.16. The first-order chi connectivity index (χ1) is 9.31. The van der Waals surface area contributed by atoms with Crippen molar-refractivity contribution in [3.8, 4) is 6.07 Å². The second-order valence-electron chi connectivity index (χ2n) is 4.36. The Hall–Kier alpha value is -2.79. The minimum atomic E-state index is 0.674. The molecule has 2 aromatic heterocycles. The van der Waals surface area contributed by atoms with Crippen LogP contribution in [-0.4, -0.2) is 4.40 Å². The van der Waals surface area contributed by atoms with Crippen LogP contribution in [0.5, 0.6) is 0 Å². The smallest absolute Gasteiger partial charge is 0.101 e. The van der Waals surface area contributed by atoms with Gasteiger partial charge in [-0.1, -0.05) is 43.0 Å². The topological polar surface area (TPSA) is 28.2 Å². The minimum absolute atomic E-state index is 0.674. The molecular weight excluding hydrogens is 232 g/mol.